The molecule has 0 bridgehead atoms. The number of ketones is 1. The fraction of sp³-hybridized carbons (Fsp3) is 0.667. The SMILES string of the molecule is CCN1CCN(c2ccc(C(=O)NC(CC(C)(C)C)C(=O)N3C[C@H](SC)[C@H]4OCC(=O)[C@H]43)cc2)CC1. The minimum absolute atomic E-state index is 0.0479. The highest BCUT2D eigenvalue weighted by Crippen LogP contribution is 2.34. The van der Waals surface area contributed by atoms with Gasteiger partial charge >= 0.3 is 0 Å². The third-order valence-electron chi connectivity index (χ3n) is 7.46. The number of likely N-dealkylation sites (N-methyl/N-ethyl adjacent to an activating group) is 1. The molecule has 1 unspecified atom stereocenters. The number of ether oxygens (including phenoxy) is 1. The monoisotopic (exact) mass is 516 g/mol. The van der Waals surface area contributed by atoms with E-state index < -0.39 is 12.1 Å². The summed E-state index contributed by atoms with van der Waals surface area (Å²) in [5.41, 5.74) is 1.45. The van der Waals surface area contributed by atoms with Crippen molar-refractivity contribution >= 4 is 35.0 Å². The van der Waals surface area contributed by atoms with Gasteiger partial charge in [-0.3, -0.25) is 14.4 Å². The average molecular weight is 517 g/mol. The van der Waals surface area contributed by atoms with Gasteiger partial charge in [0.1, 0.15) is 18.7 Å². The maximum Gasteiger partial charge on any atom is 0.251 e. The van der Waals surface area contributed by atoms with Crippen molar-refractivity contribution in [2.75, 3.05) is 57.0 Å². The molecule has 3 aliphatic heterocycles. The number of thioether (sulfide) groups is 1. The van der Waals surface area contributed by atoms with Gasteiger partial charge in [-0.05, 0) is 48.9 Å². The van der Waals surface area contributed by atoms with Crippen LogP contribution in [0.1, 0.15) is 44.5 Å². The first kappa shape index (κ1) is 26.9. The van der Waals surface area contributed by atoms with Crippen LogP contribution in [0.25, 0.3) is 0 Å². The molecule has 3 saturated heterocycles. The van der Waals surface area contributed by atoms with E-state index in [0.717, 1.165) is 38.4 Å². The van der Waals surface area contributed by atoms with E-state index in [1.807, 2.05) is 51.3 Å². The zero-order valence-electron chi connectivity index (χ0n) is 22.2. The van der Waals surface area contributed by atoms with Gasteiger partial charge in [0, 0.05) is 44.0 Å². The standard InChI is InChI=1S/C27H40N4O4S/c1-6-29-11-13-30(14-12-29)19-9-7-18(8-10-19)25(33)28-20(15-27(2,3)4)26(34)31-16-22(36-5)24-23(31)21(32)17-35-24/h7-10,20,22-24H,6,11-17H2,1-5H3,(H,28,33)/t20?,22-,23+,24+/m0/s1. The minimum Gasteiger partial charge on any atom is -0.369 e. The number of carbonyl (C=O) groups is 3. The van der Waals surface area contributed by atoms with E-state index in [2.05, 4.69) is 22.0 Å². The lowest BCUT2D eigenvalue weighted by Crippen LogP contribution is -2.53. The van der Waals surface area contributed by atoms with E-state index in [9.17, 15) is 14.4 Å². The van der Waals surface area contributed by atoms with Crippen molar-refractivity contribution in [3.05, 3.63) is 29.8 Å². The molecule has 9 heteroatoms. The van der Waals surface area contributed by atoms with E-state index in [0.29, 0.717) is 18.5 Å². The molecule has 3 aliphatic rings. The molecule has 4 rings (SSSR count). The van der Waals surface area contributed by atoms with Gasteiger partial charge in [-0.2, -0.15) is 11.8 Å². The van der Waals surface area contributed by atoms with Crippen LogP contribution >= 0.6 is 11.8 Å². The summed E-state index contributed by atoms with van der Waals surface area (Å²) in [5.74, 6) is -0.527. The number of nitrogens with one attached hydrogen (secondary N) is 1. The van der Waals surface area contributed by atoms with Crippen LogP contribution in [0.2, 0.25) is 0 Å². The Balaban J connectivity index is 1.46. The zero-order chi connectivity index (χ0) is 26.0. The van der Waals surface area contributed by atoms with E-state index in [1.165, 1.54) is 0 Å². The van der Waals surface area contributed by atoms with Crippen molar-refractivity contribution in [1.82, 2.24) is 15.1 Å². The summed E-state index contributed by atoms with van der Waals surface area (Å²) >= 11 is 1.62. The number of carbonyl (C=O) groups excluding carboxylic acids is 3. The Bertz CT molecular complexity index is 956. The quantitative estimate of drug-likeness (QED) is 0.595. The summed E-state index contributed by atoms with van der Waals surface area (Å²) in [6, 6.07) is 6.37. The molecule has 4 atom stereocenters. The van der Waals surface area contributed by atoms with Crippen molar-refractivity contribution in [3.63, 3.8) is 0 Å². The molecule has 0 aliphatic carbocycles. The Hall–Kier alpha value is -2.10. The number of likely N-dealkylation sites (tertiary alicyclic amines) is 1. The first-order valence-electron chi connectivity index (χ1n) is 13.0. The summed E-state index contributed by atoms with van der Waals surface area (Å²) in [4.78, 5) is 46.0. The molecule has 36 heavy (non-hydrogen) atoms. The highest BCUT2D eigenvalue weighted by atomic mass is 32.2. The normalized spacial score (nSPS) is 25.7. The fourth-order valence-electron chi connectivity index (χ4n) is 5.45. The van der Waals surface area contributed by atoms with Crippen molar-refractivity contribution in [2.24, 2.45) is 5.41 Å². The Morgan fingerprint density at radius 1 is 1.14 bits per heavy atom. The molecule has 0 radical (unpaired) electrons. The highest BCUT2D eigenvalue weighted by Gasteiger charge is 2.53. The first-order chi connectivity index (χ1) is 17.1. The lowest BCUT2D eigenvalue weighted by atomic mass is 9.87. The van der Waals surface area contributed by atoms with Gasteiger partial charge in [0.05, 0.1) is 11.4 Å². The number of hydrogen-bond donors (Lipinski definition) is 1. The molecular formula is C27H40N4O4S. The Morgan fingerprint density at radius 2 is 1.81 bits per heavy atom. The number of nitrogens with zero attached hydrogens (tertiary/aromatic N) is 3. The van der Waals surface area contributed by atoms with Crippen LogP contribution in [0, 0.1) is 5.41 Å². The van der Waals surface area contributed by atoms with E-state index >= 15 is 0 Å². The van der Waals surface area contributed by atoms with Gasteiger partial charge in [0.15, 0.2) is 5.78 Å². The Morgan fingerprint density at radius 3 is 2.39 bits per heavy atom. The summed E-state index contributed by atoms with van der Waals surface area (Å²) in [7, 11) is 0. The number of amides is 2. The molecule has 1 N–H and O–H groups in total. The summed E-state index contributed by atoms with van der Waals surface area (Å²) in [5, 5.41) is 3.06. The van der Waals surface area contributed by atoms with Gasteiger partial charge in [-0.15, -0.1) is 0 Å². The molecule has 3 fully saturated rings. The van der Waals surface area contributed by atoms with Crippen LogP contribution in [0.5, 0.6) is 0 Å². The second-order valence-electron chi connectivity index (χ2n) is 11.2. The number of hydrogen-bond acceptors (Lipinski definition) is 7. The van der Waals surface area contributed by atoms with E-state index in [-0.39, 0.29) is 41.0 Å². The largest absolute Gasteiger partial charge is 0.369 e. The number of fused-ring (bicyclic) bond motifs is 1. The minimum atomic E-state index is -0.714. The van der Waals surface area contributed by atoms with Crippen molar-refractivity contribution in [3.8, 4) is 0 Å². The molecule has 1 aromatic carbocycles. The van der Waals surface area contributed by atoms with E-state index in [1.54, 1.807) is 16.7 Å². The predicted octanol–water partition coefficient (Wildman–Crippen LogP) is 2.27. The van der Waals surface area contributed by atoms with Crippen molar-refractivity contribution in [2.45, 2.75) is 57.6 Å². The molecule has 0 aromatic heterocycles. The van der Waals surface area contributed by atoms with Gasteiger partial charge < -0.3 is 24.8 Å². The van der Waals surface area contributed by atoms with Crippen LogP contribution in [-0.4, -0.2) is 103 Å². The topological polar surface area (TPSA) is 82.2 Å². The van der Waals surface area contributed by atoms with Gasteiger partial charge in [-0.1, -0.05) is 27.7 Å². The summed E-state index contributed by atoms with van der Waals surface area (Å²) < 4.78 is 5.72. The second-order valence-corrected chi connectivity index (χ2v) is 12.3. The zero-order valence-corrected chi connectivity index (χ0v) is 23.0. The number of rotatable bonds is 7. The smallest absolute Gasteiger partial charge is 0.251 e. The lowest BCUT2D eigenvalue weighted by molar-refractivity contribution is -0.138. The summed E-state index contributed by atoms with van der Waals surface area (Å²) in [6.07, 6.45) is 2.18. The number of piperazine rings is 1. The lowest BCUT2D eigenvalue weighted by Gasteiger charge is -2.35. The van der Waals surface area contributed by atoms with Gasteiger partial charge in [0.25, 0.3) is 5.91 Å². The van der Waals surface area contributed by atoms with Crippen LogP contribution in [0.3, 0.4) is 0 Å². The summed E-state index contributed by atoms with van der Waals surface area (Å²) in [6.45, 7) is 13.9. The van der Waals surface area contributed by atoms with Gasteiger partial charge in [-0.25, -0.2) is 0 Å². The molecule has 8 nitrogen and oxygen atoms in total. The van der Waals surface area contributed by atoms with Crippen LogP contribution in [0.4, 0.5) is 5.69 Å². The van der Waals surface area contributed by atoms with Crippen LogP contribution < -0.4 is 10.2 Å². The second kappa shape index (κ2) is 11.1. The molecule has 198 valence electrons. The molecular weight excluding hydrogens is 476 g/mol. The average Bonchev–Trinajstić information content (AvgIpc) is 3.43. The van der Waals surface area contributed by atoms with Crippen molar-refractivity contribution in [1.29, 1.82) is 0 Å². The number of anilines is 1. The van der Waals surface area contributed by atoms with Crippen molar-refractivity contribution < 1.29 is 19.1 Å². The maximum absolute atomic E-state index is 13.7. The fourth-order valence-corrected chi connectivity index (χ4v) is 6.25. The first-order valence-corrected chi connectivity index (χ1v) is 14.3. The predicted molar refractivity (Wildman–Crippen MR) is 144 cm³/mol. The van der Waals surface area contributed by atoms with Crippen LogP contribution in [-0.2, 0) is 14.3 Å². The molecule has 2 amide bonds. The number of Topliss-reactive ketones (excluding diaryl/α,β-unsaturated/α-hetero) is 1. The Labute approximate surface area is 219 Å². The molecule has 3 heterocycles. The number of benzene rings is 1. The third-order valence-corrected chi connectivity index (χ3v) is 8.48. The molecule has 0 spiro atoms. The highest BCUT2D eigenvalue weighted by molar-refractivity contribution is 7.99. The molecule has 1 aromatic rings. The third kappa shape index (κ3) is 5.89. The van der Waals surface area contributed by atoms with Crippen LogP contribution in [0.15, 0.2) is 24.3 Å². The Kier molecular flexibility index (Phi) is 8.32. The van der Waals surface area contributed by atoms with Gasteiger partial charge in [0.2, 0.25) is 5.91 Å². The molecule has 0 saturated carbocycles. The van der Waals surface area contributed by atoms with E-state index in [4.69, 9.17) is 4.74 Å². The maximum atomic E-state index is 13.7.